The molecule has 84 valence electrons. The third-order valence-electron chi connectivity index (χ3n) is 2.81. The van der Waals surface area contributed by atoms with Crippen molar-refractivity contribution in [2.45, 2.75) is 32.6 Å². The van der Waals surface area contributed by atoms with Gasteiger partial charge in [0.05, 0.1) is 0 Å². The lowest BCUT2D eigenvalue weighted by atomic mass is 9.94. The third kappa shape index (κ3) is 3.86. The summed E-state index contributed by atoms with van der Waals surface area (Å²) in [5.41, 5.74) is 0. The fraction of sp³-hybridized carbons (Fsp3) is 0.667. The number of amides is 1. The van der Waals surface area contributed by atoms with Gasteiger partial charge < -0.3 is 5.32 Å². The van der Waals surface area contributed by atoms with Crippen LogP contribution in [0.5, 0.6) is 0 Å². The highest BCUT2D eigenvalue weighted by molar-refractivity contribution is 6.36. The van der Waals surface area contributed by atoms with E-state index in [-0.39, 0.29) is 11.7 Å². The number of carbonyl (C=O) groups is 2. The standard InChI is InChI=1S/C12H19NO2/c1-3-7-13-12(15)11(14)10(4-2)8-9-5-6-9/h3,9-10H,1,4-8H2,2H3,(H,13,15). The summed E-state index contributed by atoms with van der Waals surface area (Å²) in [7, 11) is 0. The second-order valence-electron chi connectivity index (χ2n) is 4.15. The Hall–Kier alpha value is -1.12. The van der Waals surface area contributed by atoms with E-state index < -0.39 is 5.91 Å². The number of hydrogen-bond acceptors (Lipinski definition) is 2. The molecule has 0 spiro atoms. The zero-order valence-electron chi connectivity index (χ0n) is 9.29. The van der Waals surface area contributed by atoms with Crippen molar-refractivity contribution >= 4 is 11.7 Å². The molecule has 0 bridgehead atoms. The van der Waals surface area contributed by atoms with Crippen molar-refractivity contribution in [1.82, 2.24) is 5.32 Å². The summed E-state index contributed by atoms with van der Waals surface area (Å²) in [6, 6.07) is 0. The van der Waals surface area contributed by atoms with Gasteiger partial charge in [-0.1, -0.05) is 25.8 Å². The fourth-order valence-corrected chi connectivity index (χ4v) is 1.65. The Morgan fingerprint density at radius 1 is 1.53 bits per heavy atom. The van der Waals surface area contributed by atoms with Crippen LogP contribution in [0.1, 0.15) is 32.6 Å². The molecule has 1 rings (SSSR count). The van der Waals surface area contributed by atoms with E-state index in [1.807, 2.05) is 6.92 Å². The summed E-state index contributed by atoms with van der Waals surface area (Å²) >= 11 is 0. The van der Waals surface area contributed by atoms with E-state index >= 15 is 0 Å². The molecule has 0 radical (unpaired) electrons. The largest absolute Gasteiger partial charge is 0.346 e. The van der Waals surface area contributed by atoms with Crippen LogP contribution in [-0.4, -0.2) is 18.2 Å². The highest BCUT2D eigenvalue weighted by Gasteiger charge is 2.30. The van der Waals surface area contributed by atoms with Gasteiger partial charge in [-0.15, -0.1) is 6.58 Å². The quantitative estimate of drug-likeness (QED) is 0.512. The highest BCUT2D eigenvalue weighted by Crippen LogP contribution is 2.36. The van der Waals surface area contributed by atoms with E-state index in [4.69, 9.17) is 0 Å². The van der Waals surface area contributed by atoms with Gasteiger partial charge in [-0.3, -0.25) is 9.59 Å². The number of ketones is 1. The lowest BCUT2D eigenvalue weighted by Gasteiger charge is -2.12. The van der Waals surface area contributed by atoms with Crippen LogP contribution >= 0.6 is 0 Å². The molecular formula is C12H19NO2. The number of nitrogens with one attached hydrogen (secondary N) is 1. The Morgan fingerprint density at radius 3 is 2.67 bits per heavy atom. The predicted molar refractivity (Wildman–Crippen MR) is 59.3 cm³/mol. The van der Waals surface area contributed by atoms with Crippen molar-refractivity contribution in [3.63, 3.8) is 0 Å². The zero-order valence-corrected chi connectivity index (χ0v) is 9.29. The minimum atomic E-state index is -0.456. The molecule has 15 heavy (non-hydrogen) atoms. The molecule has 3 heteroatoms. The summed E-state index contributed by atoms with van der Waals surface area (Å²) in [6.45, 7) is 5.82. The minimum Gasteiger partial charge on any atom is -0.346 e. The van der Waals surface area contributed by atoms with Crippen LogP contribution in [0.2, 0.25) is 0 Å². The third-order valence-corrected chi connectivity index (χ3v) is 2.81. The van der Waals surface area contributed by atoms with Gasteiger partial charge in [-0.2, -0.15) is 0 Å². The van der Waals surface area contributed by atoms with Gasteiger partial charge in [0, 0.05) is 12.5 Å². The predicted octanol–water partition coefficient (Wildman–Crippen LogP) is 1.68. The molecule has 0 aliphatic heterocycles. The lowest BCUT2D eigenvalue weighted by Crippen LogP contribution is -2.35. The Labute approximate surface area is 90.9 Å². The van der Waals surface area contributed by atoms with E-state index in [0.29, 0.717) is 12.5 Å². The second kappa shape index (κ2) is 5.69. The fourth-order valence-electron chi connectivity index (χ4n) is 1.65. The molecular weight excluding hydrogens is 190 g/mol. The van der Waals surface area contributed by atoms with E-state index in [0.717, 1.165) is 12.8 Å². The van der Waals surface area contributed by atoms with E-state index in [9.17, 15) is 9.59 Å². The minimum absolute atomic E-state index is 0.0812. The van der Waals surface area contributed by atoms with Crippen molar-refractivity contribution in [3.8, 4) is 0 Å². The molecule has 3 nitrogen and oxygen atoms in total. The first kappa shape index (κ1) is 12.0. The molecule has 0 aromatic heterocycles. The summed E-state index contributed by atoms with van der Waals surface area (Å²) in [5.74, 6) is -0.109. The molecule has 0 heterocycles. The summed E-state index contributed by atoms with van der Waals surface area (Å²) < 4.78 is 0. The summed E-state index contributed by atoms with van der Waals surface area (Å²) in [4.78, 5) is 23.1. The zero-order chi connectivity index (χ0) is 11.3. The average molecular weight is 209 g/mol. The maximum absolute atomic E-state index is 11.7. The van der Waals surface area contributed by atoms with Crippen LogP contribution in [0.3, 0.4) is 0 Å². The van der Waals surface area contributed by atoms with E-state index in [1.165, 1.54) is 12.8 Å². The highest BCUT2D eigenvalue weighted by atomic mass is 16.2. The molecule has 0 saturated heterocycles. The molecule has 1 amide bonds. The van der Waals surface area contributed by atoms with Gasteiger partial charge in [0.25, 0.3) is 5.91 Å². The topological polar surface area (TPSA) is 46.2 Å². The number of rotatable bonds is 7. The van der Waals surface area contributed by atoms with Crippen LogP contribution in [0.15, 0.2) is 12.7 Å². The second-order valence-corrected chi connectivity index (χ2v) is 4.15. The van der Waals surface area contributed by atoms with Crippen LogP contribution in [0.25, 0.3) is 0 Å². The van der Waals surface area contributed by atoms with Crippen molar-refractivity contribution in [1.29, 1.82) is 0 Å². The molecule has 1 unspecified atom stereocenters. The monoisotopic (exact) mass is 209 g/mol. The molecule has 0 aromatic rings. The number of Topliss-reactive ketones (excluding diaryl/α,β-unsaturated/α-hetero) is 1. The normalized spacial score (nSPS) is 16.9. The van der Waals surface area contributed by atoms with Crippen molar-refractivity contribution in [2.75, 3.05) is 6.54 Å². The van der Waals surface area contributed by atoms with Crippen LogP contribution < -0.4 is 5.32 Å². The van der Waals surface area contributed by atoms with Crippen molar-refractivity contribution in [3.05, 3.63) is 12.7 Å². The maximum atomic E-state index is 11.7. The maximum Gasteiger partial charge on any atom is 0.287 e. The van der Waals surface area contributed by atoms with Crippen molar-refractivity contribution < 1.29 is 9.59 Å². The van der Waals surface area contributed by atoms with Gasteiger partial charge in [0.15, 0.2) is 0 Å². The molecule has 1 aliphatic rings. The van der Waals surface area contributed by atoms with E-state index in [1.54, 1.807) is 6.08 Å². The van der Waals surface area contributed by atoms with Crippen molar-refractivity contribution in [2.24, 2.45) is 11.8 Å². The number of carbonyl (C=O) groups excluding carboxylic acids is 2. The van der Waals surface area contributed by atoms with Crippen LogP contribution in [0.4, 0.5) is 0 Å². The molecule has 1 aliphatic carbocycles. The SMILES string of the molecule is C=CCNC(=O)C(=O)C(CC)CC1CC1. The van der Waals surface area contributed by atoms with E-state index in [2.05, 4.69) is 11.9 Å². The van der Waals surface area contributed by atoms with Gasteiger partial charge in [-0.05, 0) is 18.8 Å². The van der Waals surface area contributed by atoms with Gasteiger partial charge in [0.2, 0.25) is 5.78 Å². The lowest BCUT2D eigenvalue weighted by molar-refractivity contribution is -0.140. The summed E-state index contributed by atoms with van der Waals surface area (Å²) in [5, 5.41) is 2.53. The molecule has 1 atom stereocenters. The summed E-state index contributed by atoms with van der Waals surface area (Å²) in [6.07, 6.45) is 5.66. The first-order valence-corrected chi connectivity index (χ1v) is 5.62. The van der Waals surface area contributed by atoms with Gasteiger partial charge in [0.1, 0.15) is 0 Å². The Kier molecular flexibility index (Phi) is 4.53. The first-order valence-electron chi connectivity index (χ1n) is 5.62. The van der Waals surface area contributed by atoms with Crippen LogP contribution in [-0.2, 0) is 9.59 Å². The smallest absolute Gasteiger partial charge is 0.287 e. The van der Waals surface area contributed by atoms with Crippen LogP contribution in [0, 0.1) is 11.8 Å². The van der Waals surface area contributed by atoms with Gasteiger partial charge >= 0.3 is 0 Å². The Morgan fingerprint density at radius 2 is 2.20 bits per heavy atom. The molecule has 0 aromatic carbocycles. The molecule has 1 saturated carbocycles. The first-order chi connectivity index (χ1) is 7.19. The number of hydrogen-bond donors (Lipinski definition) is 1. The molecule has 1 N–H and O–H groups in total. The molecule has 1 fully saturated rings. The van der Waals surface area contributed by atoms with Gasteiger partial charge in [-0.25, -0.2) is 0 Å². The Bertz CT molecular complexity index is 256. The Balaban J connectivity index is 2.39. The average Bonchev–Trinajstić information content (AvgIpc) is 3.05.